The number of nitrogens with one attached hydrogen (secondary N) is 1. The van der Waals surface area contributed by atoms with E-state index in [9.17, 15) is 5.11 Å². The Hall–Kier alpha value is -3.56. The van der Waals surface area contributed by atoms with Crippen molar-refractivity contribution in [1.82, 2.24) is 24.6 Å². The van der Waals surface area contributed by atoms with Crippen molar-refractivity contribution in [3.8, 4) is 16.9 Å². The first kappa shape index (κ1) is 23.2. The van der Waals surface area contributed by atoms with E-state index in [1.54, 1.807) is 13.3 Å². The fraction of sp³-hybridized carbons (Fsp3) is 0.385. The van der Waals surface area contributed by atoms with Crippen LogP contribution in [0.1, 0.15) is 42.9 Å². The summed E-state index contributed by atoms with van der Waals surface area (Å²) in [5.74, 6) is 2.74. The molecule has 4 heterocycles. The molecule has 4 aromatic heterocycles. The number of rotatable bonds is 7. The first-order chi connectivity index (χ1) is 17.0. The molecule has 0 atom stereocenters. The van der Waals surface area contributed by atoms with Crippen LogP contribution < -0.4 is 10.1 Å². The van der Waals surface area contributed by atoms with Gasteiger partial charge in [-0.1, -0.05) is 0 Å². The van der Waals surface area contributed by atoms with E-state index in [4.69, 9.17) is 9.47 Å². The van der Waals surface area contributed by atoms with Gasteiger partial charge in [-0.15, -0.1) is 0 Å². The number of nitrogens with zero attached hydrogens (tertiary/aromatic N) is 5. The molecule has 0 bridgehead atoms. The monoisotopic (exact) mass is 474 g/mol. The standard InChI is InChI=1S/C26H30N6O3/c1-16-10-22(23(14-27-16)35-21-6-4-20(33)5-7-21)18-8-9-32-19(12-18)13-25(31-32)29-24-11-17(2)28-26(30-24)15-34-3/h8-14,20-21,33H,4-7,15H2,1-3H3,(H,28,29,30,31). The normalized spacial score (nSPS) is 18.1. The minimum Gasteiger partial charge on any atom is -0.488 e. The highest BCUT2D eigenvalue weighted by atomic mass is 16.5. The highest BCUT2D eigenvalue weighted by Crippen LogP contribution is 2.34. The van der Waals surface area contributed by atoms with Crippen molar-refractivity contribution in [2.75, 3.05) is 12.4 Å². The van der Waals surface area contributed by atoms with Crippen LogP contribution in [0.15, 0.2) is 42.7 Å². The number of aryl methyl sites for hydroxylation is 2. The zero-order valence-corrected chi connectivity index (χ0v) is 20.2. The molecule has 0 unspecified atom stereocenters. The SMILES string of the molecule is COCc1nc(C)cc(Nc2cc3cc(-c4cc(C)ncc4OC4CCC(O)CC4)ccn3n2)n1. The Morgan fingerprint density at radius 3 is 2.66 bits per heavy atom. The molecular formula is C26H30N6O3. The van der Waals surface area contributed by atoms with Gasteiger partial charge in [-0.3, -0.25) is 4.98 Å². The highest BCUT2D eigenvalue weighted by Gasteiger charge is 2.22. The van der Waals surface area contributed by atoms with Gasteiger partial charge in [0.05, 0.1) is 23.9 Å². The lowest BCUT2D eigenvalue weighted by Crippen LogP contribution is -2.26. The van der Waals surface area contributed by atoms with Crippen LogP contribution >= 0.6 is 0 Å². The Bertz CT molecular complexity index is 1330. The number of aromatic nitrogens is 5. The first-order valence-electron chi connectivity index (χ1n) is 11.9. The fourth-order valence-corrected chi connectivity index (χ4v) is 4.45. The highest BCUT2D eigenvalue weighted by molar-refractivity contribution is 5.75. The second-order valence-corrected chi connectivity index (χ2v) is 9.05. The van der Waals surface area contributed by atoms with Crippen LogP contribution in [0.25, 0.3) is 16.6 Å². The van der Waals surface area contributed by atoms with Crippen molar-refractivity contribution < 1.29 is 14.6 Å². The zero-order valence-electron chi connectivity index (χ0n) is 20.2. The number of hydrogen-bond acceptors (Lipinski definition) is 8. The van der Waals surface area contributed by atoms with E-state index in [1.807, 2.05) is 42.8 Å². The van der Waals surface area contributed by atoms with E-state index in [-0.39, 0.29) is 12.2 Å². The van der Waals surface area contributed by atoms with Crippen molar-refractivity contribution in [3.63, 3.8) is 0 Å². The maximum Gasteiger partial charge on any atom is 0.156 e. The lowest BCUT2D eigenvalue weighted by Gasteiger charge is -2.27. The summed E-state index contributed by atoms with van der Waals surface area (Å²) < 4.78 is 13.3. The minimum absolute atomic E-state index is 0.0930. The number of methoxy groups -OCH3 is 1. The summed E-state index contributed by atoms with van der Waals surface area (Å²) in [6, 6.07) is 10.0. The van der Waals surface area contributed by atoms with Gasteiger partial charge >= 0.3 is 0 Å². The molecule has 0 aromatic carbocycles. The topological polar surface area (TPSA) is 107 Å². The van der Waals surface area contributed by atoms with Gasteiger partial charge in [0, 0.05) is 42.4 Å². The van der Waals surface area contributed by atoms with Gasteiger partial charge in [0.1, 0.15) is 18.2 Å². The van der Waals surface area contributed by atoms with Crippen molar-refractivity contribution in [2.24, 2.45) is 0 Å². The van der Waals surface area contributed by atoms with Crippen LogP contribution in [0.2, 0.25) is 0 Å². The molecule has 0 radical (unpaired) electrons. The molecule has 0 amide bonds. The van der Waals surface area contributed by atoms with Crippen LogP contribution in [0, 0.1) is 13.8 Å². The van der Waals surface area contributed by atoms with Crippen LogP contribution in [0.5, 0.6) is 5.75 Å². The molecule has 0 saturated heterocycles. The Labute approximate surface area is 204 Å². The molecule has 9 nitrogen and oxygen atoms in total. The van der Waals surface area contributed by atoms with Crippen LogP contribution in [0.4, 0.5) is 11.6 Å². The van der Waals surface area contributed by atoms with Gasteiger partial charge < -0.3 is 19.9 Å². The summed E-state index contributed by atoms with van der Waals surface area (Å²) in [6.07, 6.45) is 6.86. The predicted octanol–water partition coefficient (Wildman–Crippen LogP) is 4.38. The third-order valence-corrected chi connectivity index (χ3v) is 6.15. The maximum atomic E-state index is 9.81. The van der Waals surface area contributed by atoms with E-state index in [1.165, 1.54) is 0 Å². The number of hydrogen-bond donors (Lipinski definition) is 2. The molecule has 2 N–H and O–H groups in total. The third-order valence-electron chi connectivity index (χ3n) is 6.15. The lowest BCUT2D eigenvalue weighted by atomic mass is 9.95. The van der Waals surface area contributed by atoms with Crippen LogP contribution in [-0.2, 0) is 11.3 Å². The minimum atomic E-state index is -0.213. The Morgan fingerprint density at radius 2 is 1.86 bits per heavy atom. The summed E-state index contributed by atoms with van der Waals surface area (Å²) in [7, 11) is 1.62. The fourth-order valence-electron chi connectivity index (χ4n) is 4.45. The van der Waals surface area contributed by atoms with Crippen molar-refractivity contribution >= 4 is 17.2 Å². The number of aliphatic hydroxyl groups excluding tert-OH is 1. The van der Waals surface area contributed by atoms with Crippen LogP contribution in [0.3, 0.4) is 0 Å². The van der Waals surface area contributed by atoms with Gasteiger partial charge in [0.2, 0.25) is 0 Å². The average molecular weight is 475 g/mol. The molecule has 182 valence electrons. The smallest absolute Gasteiger partial charge is 0.156 e. The average Bonchev–Trinajstić information content (AvgIpc) is 3.23. The number of pyridine rings is 2. The number of fused-ring (bicyclic) bond motifs is 1. The summed E-state index contributed by atoms with van der Waals surface area (Å²) >= 11 is 0. The number of anilines is 2. The first-order valence-corrected chi connectivity index (χ1v) is 11.9. The quantitative estimate of drug-likeness (QED) is 0.407. The van der Waals surface area contributed by atoms with Crippen molar-refractivity contribution in [3.05, 3.63) is 59.9 Å². The molecule has 4 aromatic rings. The summed E-state index contributed by atoms with van der Waals surface area (Å²) in [5, 5.41) is 17.7. The Balaban J connectivity index is 1.41. The summed E-state index contributed by atoms with van der Waals surface area (Å²) in [5.41, 5.74) is 4.74. The molecule has 1 fully saturated rings. The summed E-state index contributed by atoms with van der Waals surface area (Å²) in [4.78, 5) is 13.3. The van der Waals surface area contributed by atoms with Gasteiger partial charge in [-0.25, -0.2) is 14.5 Å². The Kier molecular flexibility index (Phi) is 6.61. The predicted molar refractivity (Wildman–Crippen MR) is 133 cm³/mol. The molecule has 9 heteroatoms. The van der Waals surface area contributed by atoms with E-state index in [2.05, 4.69) is 37.5 Å². The molecule has 5 rings (SSSR count). The van der Waals surface area contributed by atoms with E-state index < -0.39 is 0 Å². The van der Waals surface area contributed by atoms with Gasteiger partial charge in [-0.05, 0) is 63.3 Å². The zero-order chi connectivity index (χ0) is 24.4. The number of aliphatic hydroxyl groups is 1. The van der Waals surface area contributed by atoms with Gasteiger partial charge in [0.15, 0.2) is 11.6 Å². The van der Waals surface area contributed by atoms with E-state index in [0.29, 0.717) is 24.1 Å². The van der Waals surface area contributed by atoms with Gasteiger partial charge in [0.25, 0.3) is 0 Å². The van der Waals surface area contributed by atoms with E-state index >= 15 is 0 Å². The summed E-state index contributed by atoms with van der Waals surface area (Å²) in [6.45, 7) is 4.25. The van der Waals surface area contributed by atoms with Crippen LogP contribution in [-0.4, -0.2) is 49.0 Å². The second-order valence-electron chi connectivity index (χ2n) is 9.05. The maximum absolute atomic E-state index is 9.81. The lowest BCUT2D eigenvalue weighted by molar-refractivity contribution is 0.0667. The van der Waals surface area contributed by atoms with Gasteiger partial charge in [-0.2, -0.15) is 5.10 Å². The molecule has 0 spiro atoms. The molecule has 1 aliphatic carbocycles. The molecule has 1 saturated carbocycles. The third kappa shape index (κ3) is 5.41. The molecule has 0 aliphatic heterocycles. The second kappa shape index (κ2) is 9.97. The molecule has 35 heavy (non-hydrogen) atoms. The van der Waals surface area contributed by atoms with Crippen molar-refractivity contribution in [2.45, 2.75) is 58.3 Å². The van der Waals surface area contributed by atoms with Crippen molar-refractivity contribution in [1.29, 1.82) is 0 Å². The molecule has 1 aliphatic rings. The largest absolute Gasteiger partial charge is 0.488 e. The van der Waals surface area contributed by atoms with E-state index in [0.717, 1.165) is 59.5 Å². The Morgan fingerprint density at radius 1 is 1.03 bits per heavy atom. The number of ether oxygens (including phenoxy) is 2. The molecular weight excluding hydrogens is 444 g/mol.